The van der Waals surface area contributed by atoms with Gasteiger partial charge in [0.05, 0.1) is 0 Å². The van der Waals surface area contributed by atoms with Crippen LogP contribution in [0.2, 0.25) is 0 Å². The fourth-order valence-corrected chi connectivity index (χ4v) is 2.12. The van der Waals surface area contributed by atoms with Crippen LogP contribution in [0.15, 0.2) is 0 Å². The number of hydrogen-bond acceptors (Lipinski definition) is 0. The van der Waals surface area contributed by atoms with E-state index in [1.165, 1.54) is 0 Å². The Morgan fingerprint density at radius 2 is 1.86 bits per heavy atom. The van der Waals surface area contributed by atoms with E-state index in [-0.39, 0.29) is 0 Å². The fraction of sp³-hybridized carbons (Fsp3) is 1.00. The molecule has 0 aliphatic heterocycles. The Balaban J connectivity index is 3.15. The van der Waals surface area contributed by atoms with Crippen molar-refractivity contribution in [2.45, 2.75) is 9.59 Å². The molecule has 0 radical (unpaired) electrons. The molecule has 0 bridgehead atoms. The Bertz CT molecular complexity index is 48.6. The maximum absolute atomic E-state index is 5.60. The van der Waals surface area contributed by atoms with Gasteiger partial charge in [-0.05, 0) is 0 Å². The Kier molecular flexibility index (Phi) is 4.14. The summed E-state index contributed by atoms with van der Waals surface area (Å²) in [7, 11) is 0. The van der Waals surface area contributed by atoms with Crippen LogP contribution >= 0.6 is 34.8 Å². The van der Waals surface area contributed by atoms with Gasteiger partial charge in [0.25, 0.3) is 0 Å². The van der Waals surface area contributed by atoms with Gasteiger partial charge in [-0.2, -0.15) is 0 Å². The van der Waals surface area contributed by atoms with Crippen LogP contribution in [-0.4, -0.2) is 25.6 Å². The Morgan fingerprint density at radius 3 is 1.86 bits per heavy atom. The normalized spacial score (nSPS) is 12.4. The van der Waals surface area contributed by atoms with Crippen LogP contribution in [0.1, 0.15) is 6.42 Å². The van der Waals surface area contributed by atoms with Gasteiger partial charge in [0.15, 0.2) is 0 Å². The van der Waals surface area contributed by atoms with Gasteiger partial charge >= 0.3 is 66.8 Å². The molecule has 0 unspecified atom stereocenters. The van der Waals surface area contributed by atoms with Crippen molar-refractivity contribution >= 4 is 51.3 Å². The zero-order chi connectivity index (χ0) is 5.91. The molecule has 0 aromatic heterocycles. The molecule has 0 N–H and O–H groups in total. The molecular weight excluding hydrogens is 215 g/mol. The van der Waals surface area contributed by atoms with Crippen LogP contribution in [0.5, 0.6) is 0 Å². The van der Waals surface area contributed by atoms with Crippen molar-refractivity contribution in [1.29, 1.82) is 0 Å². The number of hydrogen-bond donors (Lipinski definition) is 0. The SMILES string of the molecule is ClCC[C](Cl)(Cl)[GeH3]. The van der Waals surface area contributed by atoms with E-state index in [1.807, 2.05) is 0 Å². The standard InChI is InChI=1S/C3H7Cl3Ge/c4-2-1-3(5,6)7/h1-2H2,7H3. The summed E-state index contributed by atoms with van der Waals surface area (Å²) in [6, 6.07) is 0. The molecular formula is C3H7Cl3Ge. The van der Waals surface area contributed by atoms with Crippen molar-refractivity contribution in [3.05, 3.63) is 0 Å². The molecule has 0 rings (SSSR count). The zero-order valence-electron chi connectivity index (χ0n) is 4.05. The van der Waals surface area contributed by atoms with E-state index in [9.17, 15) is 0 Å². The van der Waals surface area contributed by atoms with E-state index in [0.717, 1.165) is 6.42 Å². The van der Waals surface area contributed by atoms with Crippen LogP contribution in [0.4, 0.5) is 0 Å². The molecule has 0 saturated carbocycles. The molecule has 7 heavy (non-hydrogen) atoms. The third-order valence-electron chi connectivity index (χ3n) is 0.533. The molecule has 0 aromatic rings. The first-order chi connectivity index (χ1) is 3.06. The van der Waals surface area contributed by atoms with Gasteiger partial charge in [-0.25, -0.2) is 0 Å². The summed E-state index contributed by atoms with van der Waals surface area (Å²) in [4.78, 5) is 0. The van der Waals surface area contributed by atoms with Crippen molar-refractivity contribution in [2.75, 3.05) is 5.88 Å². The van der Waals surface area contributed by atoms with E-state index < -0.39 is 3.17 Å². The third-order valence-corrected chi connectivity index (χ3v) is 2.15. The van der Waals surface area contributed by atoms with E-state index in [4.69, 9.17) is 34.8 Å². The third kappa shape index (κ3) is 7.41. The predicted molar refractivity (Wildman–Crippen MR) is 39.7 cm³/mol. The van der Waals surface area contributed by atoms with Gasteiger partial charge < -0.3 is 0 Å². The molecule has 0 nitrogen and oxygen atoms in total. The molecule has 0 aromatic carbocycles. The van der Waals surface area contributed by atoms with Crippen molar-refractivity contribution < 1.29 is 0 Å². The second kappa shape index (κ2) is 3.44. The number of halogens is 3. The summed E-state index contributed by atoms with van der Waals surface area (Å²) in [5.41, 5.74) is 0. The summed E-state index contributed by atoms with van der Waals surface area (Å²) < 4.78 is -0.450. The molecule has 44 valence electrons. The summed E-state index contributed by atoms with van der Waals surface area (Å²) in [6.07, 6.45) is 0.720. The summed E-state index contributed by atoms with van der Waals surface area (Å²) in [5.74, 6) is 0.564. The zero-order valence-corrected chi connectivity index (χ0v) is 10.5. The quantitative estimate of drug-likeness (QED) is 0.485. The van der Waals surface area contributed by atoms with E-state index in [1.54, 1.807) is 0 Å². The molecule has 0 heterocycles. The van der Waals surface area contributed by atoms with Crippen molar-refractivity contribution in [1.82, 2.24) is 0 Å². The van der Waals surface area contributed by atoms with Crippen molar-refractivity contribution in [2.24, 2.45) is 0 Å². The minimum absolute atomic E-state index is 0.450. The molecule has 0 spiro atoms. The second-order valence-electron chi connectivity index (χ2n) is 1.51. The van der Waals surface area contributed by atoms with Gasteiger partial charge in [-0.3, -0.25) is 0 Å². The van der Waals surface area contributed by atoms with Crippen molar-refractivity contribution in [3.8, 4) is 0 Å². The van der Waals surface area contributed by atoms with Crippen molar-refractivity contribution in [3.63, 3.8) is 0 Å². The fourth-order valence-electron chi connectivity index (χ4n) is 0.166. The van der Waals surface area contributed by atoms with E-state index in [2.05, 4.69) is 0 Å². The number of alkyl halides is 3. The molecule has 0 atom stereocenters. The second-order valence-corrected chi connectivity index (χ2v) is 9.99. The van der Waals surface area contributed by atoms with Crippen LogP contribution in [0.25, 0.3) is 0 Å². The van der Waals surface area contributed by atoms with Gasteiger partial charge in [0, 0.05) is 0 Å². The minimum atomic E-state index is -0.450. The first-order valence-electron chi connectivity index (χ1n) is 2.00. The van der Waals surface area contributed by atoms with Gasteiger partial charge in [-0.1, -0.05) is 0 Å². The van der Waals surface area contributed by atoms with Crippen LogP contribution in [-0.2, 0) is 0 Å². The van der Waals surface area contributed by atoms with E-state index in [0.29, 0.717) is 22.4 Å². The van der Waals surface area contributed by atoms with Crippen LogP contribution < -0.4 is 0 Å². The molecule has 0 fully saturated rings. The first-order valence-corrected chi connectivity index (χ1v) is 5.39. The average Bonchev–Trinajstić information content (AvgIpc) is 1.30. The van der Waals surface area contributed by atoms with Crippen LogP contribution in [0, 0.1) is 0 Å². The Labute approximate surface area is 66.7 Å². The van der Waals surface area contributed by atoms with E-state index >= 15 is 0 Å². The summed E-state index contributed by atoms with van der Waals surface area (Å²) >= 11 is 17.0. The molecule has 0 aliphatic rings. The summed E-state index contributed by atoms with van der Waals surface area (Å²) in [6.45, 7) is 0. The Morgan fingerprint density at radius 1 is 1.43 bits per heavy atom. The number of rotatable bonds is 2. The average molecular weight is 222 g/mol. The summed E-state index contributed by atoms with van der Waals surface area (Å²) in [5, 5.41) is 0. The molecule has 4 heteroatoms. The van der Waals surface area contributed by atoms with Gasteiger partial charge in [0.2, 0.25) is 0 Å². The van der Waals surface area contributed by atoms with Crippen LogP contribution in [0.3, 0.4) is 0 Å². The maximum atomic E-state index is 5.60. The van der Waals surface area contributed by atoms with Gasteiger partial charge in [0.1, 0.15) is 0 Å². The topological polar surface area (TPSA) is 0 Å². The monoisotopic (exact) mass is 222 g/mol. The Hall–Kier alpha value is 1.41. The first kappa shape index (κ1) is 8.41. The predicted octanol–water partition coefficient (Wildman–Crippen LogP) is 1.11. The molecule has 0 saturated heterocycles. The molecule has 0 amide bonds. The molecule has 0 aliphatic carbocycles. The van der Waals surface area contributed by atoms with Gasteiger partial charge in [-0.15, -0.1) is 0 Å².